The van der Waals surface area contributed by atoms with E-state index in [9.17, 15) is 18.0 Å². The van der Waals surface area contributed by atoms with Crippen molar-refractivity contribution in [1.82, 2.24) is 25.2 Å². The molecule has 0 aliphatic carbocycles. The Morgan fingerprint density at radius 2 is 1.95 bits per heavy atom. The molecule has 218 valence electrons. The van der Waals surface area contributed by atoms with Crippen LogP contribution in [0.1, 0.15) is 39.9 Å². The Morgan fingerprint density at radius 1 is 1.12 bits per heavy atom. The molecule has 1 saturated heterocycles. The first-order chi connectivity index (χ1) is 19.6. The van der Waals surface area contributed by atoms with Gasteiger partial charge in [0.05, 0.1) is 26.5 Å². The highest BCUT2D eigenvalue weighted by molar-refractivity contribution is 5.95. The van der Waals surface area contributed by atoms with E-state index in [0.717, 1.165) is 31.5 Å². The number of fused-ring (bicyclic) bond motifs is 1. The Balaban J connectivity index is 1.38. The van der Waals surface area contributed by atoms with E-state index in [1.165, 1.54) is 14.2 Å². The lowest BCUT2D eigenvalue weighted by molar-refractivity contribution is -0.139. The maximum Gasteiger partial charge on any atom is 0.423 e. The van der Waals surface area contributed by atoms with Crippen molar-refractivity contribution >= 4 is 17.5 Å². The first kappa shape index (κ1) is 28.6. The molecule has 10 nitrogen and oxygen atoms in total. The van der Waals surface area contributed by atoms with Crippen LogP contribution in [-0.2, 0) is 24.1 Å². The van der Waals surface area contributed by atoms with E-state index in [1.807, 2.05) is 13.1 Å². The Labute approximate surface area is 235 Å². The summed E-state index contributed by atoms with van der Waals surface area (Å²) in [4.78, 5) is 28.2. The summed E-state index contributed by atoms with van der Waals surface area (Å²) in [6.45, 7) is 2.61. The number of benzene rings is 2. The number of hydrogen-bond donors (Lipinski definition) is 2. The number of nitrogens with one attached hydrogen (secondary N) is 2. The van der Waals surface area contributed by atoms with Crippen LogP contribution in [0.4, 0.5) is 24.8 Å². The molecule has 13 heteroatoms. The van der Waals surface area contributed by atoms with Gasteiger partial charge in [0.2, 0.25) is 11.8 Å². The number of aromatic nitrogens is 2. The lowest BCUT2D eigenvalue weighted by atomic mass is 10.1. The van der Waals surface area contributed by atoms with Gasteiger partial charge in [0, 0.05) is 36.5 Å². The molecule has 0 radical (unpaired) electrons. The van der Waals surface area contributed by atoms with Crippen molar-refractivity contribution in [1.29, 1.82) is 0 Å². The van der Waals surface area contributed by atoms with Crippen molar-refractivity contribution in [3.05, 3.63) is 64.8 Å². The van der Waals surface area contributed by atoms with E-state index in [0.29, 0.717) is 41.9 Å². The molecular weight excluding hydrogens is 541 g/mol. The maximum absolute atomic E-state index is 13.9. The van der Waals surface area contributed by atoms with E-state index >= 15 is 0 Å². The summed E-state index contributed by atoms with van der Waals surface area (Å²) >= 11 is 0. The van der Waals surface area contributed by atoms with Gasteiger partial charge in [0.25, 0.3) is 5.91 Å². The maximum atomic E-state index is 13.9. The Hall–Kier alpha value is -3.94. The molecule has 1 atom stereocenters. The second-order valence-electron chi connectivity index (χ2n) is 10.0. The third kappa shape index (κ3) is 6.53. The molecule has 0 unspecified atom stereocenters. The Bertz CT molecular complexity index is 1420. The summed E-state index contributed by atoms with van der Waals surface area (Å²) in [6, 6.07) is 9.95. The molecule has 2 aliphatic rings. The fraction of sp³-hybridized carbons (Fsp3) is 0.393. The molecule has 2 aliphatic heterocycles. The van der Waals surface area contributed by atoms with Crippen molar-refractivity contribution in [2.75, 3.05) is 39.7 Å². The van der Waals surface area contributed by atoms with Gasteiger partial charge in [-0.15, -0.1) is 0 Å². The van der Waals surface area contributed by atoms with Gasteiger partial charge in [0.15, 0.2) is 0 Å². The number of amides is 1. The number of ether oxygens (including phenoxy) is 2. The van der Waals surface area contributed by atoms with Crippen LogP contribution in [0.25, 0.3) is 0 Å². The number of methoxy groups -OCH3 is 1. The average Bonchev–Trinajstić information content (AvgIpc) is 3.37. The van der Waals surface area contributed by atoms with Crippen LogP contribution in [0.5, 0.6) is 17.4 Å². The van der Waals surface area contributed by atoms with E-state index in [2.05, 4.69) is 25.5 Å². The third-order valence-corrected chi connectivity index (χ3v) is 7.11. The normalized spacial score (nSPS) is 17.7. The zero-order valence-corrected chi connectivity index (χ0v) is 22.9. The quantitative estimate of drug-likeness (QED) is 0.396. The van der Waals surface area contributed by atoms with Crippen molar-refractivity contribution in [3.63, 3.8) is 0 Å². The topological polar surface area (TPSA) is 101 Å². The number of likely N-dealkylation sites (tertiary alicyclic amines) is 1. The molecule has 5 rings (SSSR count). The van der Waals surface area contributed by atoms with E-state index < -0.39 is 17.6 Å². The standard InChI is InChI=1S/C28H31F3N6O4/c1-36-11-5-7-19(15-36)33-25(38)17-9-10-22(24(12-17)39-2)34-27-32-13-21(28(29,30)31)26(35-27)41-23-8-4-6-18-14-37(40-3)16-20(18)23/h4,6,8-10,12-13,19H,5,7,11,14-16H2,1-3H3,(H,33,38)(H,32,34,35)/t19-/m1/s1. The van der Waals surface area contributed by atoms with Crippen LogP contribution in [0.15, 0.2) is 42.6 Å². The number of alkyl halides is 3. The first-order valence-corrected chi connectivity index (χ1v) is 13.1. The van der Waals surface area contributed by atoms with Crippen LogP contribution in [0.3, 0.4) is 0 Å². The highest BCUT2D eigenvalue weighted by Crippen LogP contribution is 2.40. The molecule has 2 N–H and O–H groups in total. The van der Waals surface area contributed by atoms with Gasteiger partial charge in [-0.05, 0) is 56.3 Å². The highest BCUT2D eigenvalue weighted by atomic mass is 19.4. The van der Waals surface area contributed by atoms with Gasteiger partial charge in [-0.1, -0.05) is 12.1 Å². The van der Waals surface area contributed by atoms with Crippen molar-refractivity contribution in [2.24, 2.45) is 0 Å². The Kier molecular flexibility index (Phi) is 8.29. The molecule has 0 bridgehead atoms. The van der Waals surface area contributed by atoms with Crippen LogP contribution < -0.4 is 20.1 Å². The molecule has 3 aromatic rings. The molecule has 0 spiro atoms. The SMILES string of the molecule is COc1cc(C(=O)N[C@@H]2CCCN(C)C2)ccc1Nc1ncc(C(F)(F)F)c(Oc2cccc3c2CN(OC)C3)n1. The zero-order valence-electron chi connectivity index (χ0n) is 22.9. The number of halogens is 3. The summed E-state index contributed by atoms with van der Waals surface area (Å²) in [5, 5.41) is 7.60. The van der Waals surface area contributed by atoms with Crippen LogP contribution >= 0.6 is 0 Å². The summed E-state index contributed by atoms with van der Waals surface area (Å²) in [5.74, 6) is -0.482. The lowest BCUT2D eigenvalue weighted by Crippen LogP contribution is -2.46. The fourth-order valence-electron chi connectivity index (χ4n) is 5.00. The summed E-state index contributed by atoms with van der Waals surface area (Å²) in [5.41, 5.74) is 1.24. The van der Waals surface area contributed by atoms with Gasteiger partial charge < -0.3 is 29.8 Å². The summed E-state index contributed by atoms with van der Waals surface area (Å²) in [6.07, 6.45) is -2.17. The molecule has 0 saturated carbocycles. The predicted octanol–water partition coefficient (Wildman–Crippen LogP) is 4.74. The minimum absolute atomic E-state index is 0.0485. The summed E-state index contributed by atoms with van der Waals surface area (Å²) in [7, 11) is 4.97. The first-order valence-electron chi connectivity index (χ1n) is 13.1. The fourth-order valence-corrected chi connectivity index (χ4v) is 5.00. The molecule has 1 aromatic heterocycles. The number of likely N-dealkylation sites (N-methyl/N-ethyl adjacent to an activating group) is 1. The molecule has 3 heterocycles. The van der Waals surface area contributed by atoms with Crippen LogP contribution in [0.2, 0.25) is 0 Å². The third-order valence-electron chi connectivity index (χ3n) is 7.11. The van der Waals surface area contributed by atoms with Crippen LogP contribution in [0, 0.1) is 0 Å². The van der Waals surface area contributed by atoms with Gasteiger partial charge in [0.1, 0.15) is 17.1 Å². The molecule has 41 heavy (non-hydrogen) atoms. The average molecular weight is 573 g/mol. The van der Waals surface area contributed by atoms with E-state index in [1.54, 1.807) is 35.4 Å². The van der Waals surface area contributed by atoms with E-state index in [-0.39, 0.29) is 23.6 Å². The number of anilines is 2. The number of rotatable bonds is 8. The summed E-state index contributed by atoms with van der Waals surface area (Å²) < 4.78 is 52.8. The number of hydrogen-bond acceptors (Lipinski definition) is 9. The minimum Gasteiger partial charge on any atom is -0.495 e. The number of carbonyl (C=O) groups is 1. The monoisotopic (exact) mass is 572 g/mol. The molecule has 2 aromatic carbocycles. The number of nitrogens with zero attached hydrogens (tertiary/aromatic N) is 4. The molecule has 1 amide bonds. The predicted molar refractivity (Wildman–Crippen MR) is 144 cm³/mol. The van der Waals surface area contributed by atoms with E-state index in [4.69, 9.17) is 14.3 Å². The van der Waals surface area contributed by atoms with Gasteiger partial charge in [-0.2, -0.15) is 23.2 Å². The highest BCUT2D eigenvalue weighted by Gasteiger charge is 2.37. The minimum atomic E-state index is -4.75. The number of piperidine rings is 1. The van der Waals surface area contributed by atoms with Gasteiger partial charge >= 0.3 is 6.18 Å². The van der Waals surface area contributed by atoms with Gasteiger partial charge in [-0.25, -0.2) is 4.98 Å². The van der Waals surface area contributed by atoms with Gasteiger partial charge in [-0.3, -0.25) is 4.79 Å². The second kappa shape index (κ2) is 11.9. The largest absolute Gasteiger partial charge is 0.495 e. The van der Waals surface area contributed by atoms with Crippen molar-refractivity contribution < 1.29 is 32.3 Å². The Morgan fingerprint density at radius 3 is 2.68 bits per heavy atom. The van der Waals surface area contributed by atoms with Crippen molar-refractivity contribution in [2.45, 2.75) is 38.1 Å². The van der Waals surface area contributed by atoms with Crippen LogP contribution in [-0.4, -0.2) is 66.2 Å². The lowest BCUT2D eigenvalue weighted by Gasteiger charge is -2.30. The molecular formula is C28H31F3N6O4. The van der Waals surface area contributed by atoms with Crippen molar-refractivity contribution in [3.8, 4) is 17.4 Å². The zero-order chi connectivity index (χ0) is 29.1. The number of hydroxylamine groups is 2. The number of carbonyl (C=O) groups excluding carboxylic acids is 1. The second-order valence-corrected chi connectivity index (χ2v) is 10.0. The smallest absolute Gasteiger partial charge is 0.423 e. The molecule has 1 fully saturated rings.